The van der Waals surface area contributed by atoms with E-state index in [0.717, 1.165) is 38.1 Å². The van der Waals surface area contributed by atoms with Crippen LogP contribution in [0.2, 0.25) is 0 Å². The summed E-state index contributed by atoms with van der Waals surface area (Å²) in [5, 5.41) is 9.05. The van der Waals surface area contributed by atoms with Gasteiger partial charge in [-0.15, -0.1) is 0 Å². The fourth-order valence-electron chi connectivity index (χ4n) is 3.02. The van der Waals surface area contributed by atoms with Crippen LogP contribution in [0.25, 0.3) is 38.1 Å². The summed E-state index contributed by atoms with van der Waals surface area (Å²) in [6.07, 6.45) is 7.35. The number of nitrogens with zero attached hydrogens (tertiary/aromatic N) is 4. The van der Waals surface area contributed by atoms with Crippen LogP contribution in [0.1, 0.15) is 0 Å². The quantitative estimate of drug-likeness (QED) is 0.319. The molecular weight excluding hydrogens is 260 g/mol. The molecule has 21 heavy (non-hydrogen) atoms. The first kappa shape index (κ1) is 10.7. The van der Waals surface area contributed by atoms with E-state index in [4.69, 9.17) is 0 Å². The second-order valence-corrected chi connectivity index (χ2v) is 5.12. The molecule has 0 aliphatic heterocycles. The van der Waals surface area contributed by atoms with Gasteiger partial charge in [0.15, 0.2) is 0 Å². The van der Waals surface area contributed by atoms with Crippen LogP contribution >= 0.6 is 0 Å². The largest absolute Gasteiger partial charge is 0.264 e. The van der Waals surface area contributed by atoms with Crippen molar-refractivity contribution < 1.29 is 0 Å². The first-order valence-corrected chi connectivity index (χ1v) is 6.80. The van der Waals surface area contributed by atoms with Gasteiger partial charge in [0.05, 0.1) is 22.7 Å². The van der Waals surface area contributed by atoms with Crippen LogP contribution in [0.5, 0.6) is 0 Å². The Balaban J connectivity index is 2.18. The summed E-state index contributed by atoms with van der Waals surface area (Å²) < 4.78 is 1.96. The van der Waals surface area contributed by atoms with Gasteiger partial charge in [0.2, 0.25) is 0 Å². The number of benzene rings is 1. The van der Waals surface area contributed by atoms with E-state index >= 15 is 0 Å². The van der Waals surface area contributed by atoms with Crippen molar-refractivity contribution >= 4 is 38.1 Å². The summed E-state index contributed by atoms with van der Waals surface area (Å²) in [4.78, 5) is 8.75. The van der Waals surface area contributed by atoms with Gasteiger partial charge < -0.3 is 0 Å². The van der Waals surface area contributed by atoms with E-state index in [2.05, 4.69) is 33.3 Å². The van der Waals surface area contributed by atoms with E-state index in [1.165, 1.54) is 0 Å². The highest BCUT2D eigenvalue weighted by molar-refractivity contribution is 6.13. The lowest BCUT2D eigenvalue weighted by molar-refractivity contribution is 1.01. The molecule has 98 valence electrons. The first-order chi connectivity index (χ1) is 10.4. The average Bonchev–Trinajstić information content (AvgIpc) is 3.03. The van der Waals surface area contributed by atoms with Gasteiger partial charge in [-0.25, -0.2) is 4.52 Å². The predicted molar refractivity (Wildman–Crippen MR) is 83.3 cm³/mol. The lowest BCUT2D eigenvalue weighted by Gasteiger charge is -2.08. The van der Waals surface area contributed by atoms with Crippen LogP contribution in [-0.2, 0) is 0 Å². The molecule has 0 unspecified atom stereocenters. The smallest absolute Gasteiger partial charge is 0.0966 e. The normalized spacial score (nSPS) is 11.8. The second kappa shape index (κ2) is 3.76. The lowest BCUT2D eigenvalue weighted by Crippen LogP contribution is -1.94. The molecule has 0 aliphatic carbocycles. The molecule has 0 N–H and O–H groups in total. The van der Waals surface area contributed by atoms with Crippen LogP contribution < -0.4 is 0 Å². The fourth-order valence-corrected chi connectivity index (χ4v) is 3.02. The number of aromatic nitrogens is 4. The van der Waals surface area contributed by atoms with E-state index in [9.17, 15) is 0 Å². The number of fused-ring (bicyclic) bond motifs is 7. The predicted octanol–water partition coefficient (Wildman–Crippen LogP) is 3.58. The third-order valence-electron chi connectivity index (χ3n) is 3.97. The Labute approximate surface area is 119 Å². The average molecular weight is 270 g/mol. The van der Waals surface area contributed by atoms with Gasteiger partial charge in [0, 0.05) is 34.7 Å². The van der Waals surface area contributed by atoms with Crippen molar-refractivity contribution in [2.45, 2.75) is 0 Å². The van der Waals surface area contributed by atoms with Gasteiger partial charge in [-0.05, 0) is 35.7 Å². The van der Waals surface area contributed by atoms with Crippen LogP contribution in [0.4, 0.5) is 0 Å². The van der Waals surface area contributed by atoms with Crippen molar-refractivity contribution in [1.82, 2.24) is 19.6 Å². The molecule has 0 saturated heterocycles. The maximum atomic E-state index is 4.54. The Morgan fingerprint density at radius 2 is 1.81 bits per heavy atom. The van der Waals surface area contributed by atoms with Crippen molar-refractivity contribution in [1.29, 1.82) is 0 Å². The summed E-state index contributed by atoms with van der Waals surface area (Å²) in [5.41, 5.74) is 3.10. The van der Waals surface area contributed by atoms with Gasteiger partial charge in [0.25, 0.3) is 0 Å². The zero-order valence-corrected chi connectivity index (χ0v) is 11.1. The molecule has 4 heterocycles. The molecule has 4 heteroatoms. The molecule has 0 spiro atoms. The molecule has 0 bridgehead atoms. The summed E-state index contributed by atoms with van der Waals surface area (Å²) >= 11 is 0. The minimum absolute atomic E-state index is 0.978. The Hall–Kier alpha value is -3.01. The van der Waals surface area contributed by atoms with Crippen LogP contribution in [-0.4, -0.2) is 19.6 Å². The van der Waals surface area contributed by atoms with Crippen molar-refractivity contribution in [3.63, 3.8) is 0 Å². The first-order valence-electron chi connectivity index (χ1n) is 6.80. The molecular formula is C17H10N4. The highest BCUT2D eigenvalue weighted by Gasteiger charge is 2.10. The van der Waals surface area contributed by atoms with Gasteiger partial charge in [-0.1, -0.05) is 6.07 Å². The van der Waals surface area contributed by atoms with Crippen molar-refractivity contribution in [3.8, 4) is 0 Å². The zero-order valence-electron chi connectivity index (χ0n) is 11.1. The van der Waals surface area contributed by atoms with E-state index in [1.807, 2.05) is 47.5 Å². The maximum absolute atomic E-state index is 4.54. The van der Waals surface area contributed by atoms with Gasteiger partial charge >= 0.3 is 0 Å². The van der Waals surface area contributed by atoms with E-state index in [1.54, 1.807) is 0 Å². The molecule has 1 aromatic carbocycles. The van der Waals surface area contributed by atoms with Gasteiger partial charge in [-0.3, -0.25) is 9.97 Å². The zero-order chi connectivity index (χ0) is 13.8. The van der Waals surface area contributed by atoms with E-state index in [-0.39, 0.29) is 0 Å². The monoisotopic (exact) mass is 270 g/mol. The summed E-state index contributed by atoms with van der Waals surface area (Å²) in [6, 6.07) is 12.5. The number of rotatable bonds is 0. The minimum atomic E-state index is 0.978. The molecule has 0 aliphatic rings. The molecule has 5 aromatic rings. The maximum Gasteiger partial charge on any atom is 0.0966 e. The molecule has 0 radical (unpaired) electrons. The van der Waals surface area contributed by atoms with Crippen LogP contribution in [0.15, 0.2) is 61.2 Å². The van der Waals surface area contributed by atoms with Crippen LogP contribution in [0.3, 0.4) is 0 Å². The SMILES string of the molecule is c1cnc2c(c1)c1cc3cnccc3cc1n1nccc21. The summed E-state index contributed by atoms with van der Waals surface area (Å²) in [7, 11) is 0. The standard InChI is InChI=1S/C17H10N4/c1-2-13-14-8-12-10-18-6-3-11(12)9-16(14)21-15(4-7-20-21)17(13)19-5-1/h1-10H. The molecule has 0 saturated carbocycles. The van der Waals surface area contributed by atoms with Crippen molar-refractivity contribution in [2.75, 3.05) is 0 Å². The van der Waals surface area contributed by atoms with Gasteiger partial charge in [-0.2, -0.15) is 5.10 Å². The Kier molecular flexibility index (Phi) is 1.92. The van der Waals surface area contributed by atoms with Gasteiger partial charge in [0.1, 0.15) is 0 Å². The number of hydrogen-bond acceptors (Lipinski definition) is 3. The Morgan fingerprint density at radius 1 is 0.810 bits per heavy atom. The topological polar surface area (TPSA) is 43.1 Å². The highest BCUT2D eigenvalue weighted by atomic mass is 15.2. The van der Waals surface area contributed by atoms with E-state index in [0.29, 0.717) is 0 Å². The summed E-state index contributed by atoms with van der Waals surface area (Å²) in [6.45, 7) is 0. The van der Waals surface area contributed by atoms with Crippen molar-refractivity contribution in [3.05, 3.63) is 61.2 Å². The molecule has 0 amide bonds. The van der Waals surface area contributed by atoms with E-state index < -0.39 is 0 Å². The molecule has 4 nitrogen and oxygen atoms in total. The lowest BCUT2D eigenvalue weighted by atomic mass is 10.0. The highest BCUT2D eigenvalue weighted by Crippen LogP contribution is 2.30. The molecule has 0 fully saturated rings. The Morgan fingerprint density at radius 3 is 2.81 bits per heavy atom. The minimum Gasteiger partial charge on any atom is -0.264 e. The fraction of sp³-hybridized carbons (Fsp3) is 0. The Bertz CT molecular complexity index is 1140. The van der Waals surface area contributed by atoms with Crippen LogP contribution in [0, 0.1) is 0 Å². The third kappa shape index (κ3) is 1.36. The number of pyridine rings is 3. The second-order valence-electron chi connectivity index (χ2n) is 5.12. The molecule has 4 aromatic heterocycles. The molecule has 5 rings (SSSR count). The summed E-state index contributed by atoms with van der Waals surface area (Å²) in [5.74, 6) is 0. The third-order valence-corrected chi connectivity index (χ3v) is 3.97. The molecule has 0 atom stereocenters. The van der Waals surface area contributed by atoms with Crippen molar-refractivity contribution in [2.24, 2.45) is 0 Å². The number of hydrogen-bond donors (Lipinski definition) is 0.